The maximum atomic E-state index is 13.7. The maximum Gasteiger partial charge on any atom is 0.266 e. The van der Waals surface area contributed by atoms with Crippen LogP contribution >= 0.6 is 11.6 Å². The second-order valence-electron chi connectivity index (χ2n) is 8.97. The number of carbonyl (C=O) groups excluding carboxylic acids is 1. The van der Waals surface area contributed by atoms with Crippen LogP contribution in [0.15, 0.2) is 77.6 Å². The van der Waals surface area contributed by atoms with Crippen molar-refractivity contribution in [2.75, 3.05) is 6.54 Å². The van der Waals surface area contributed by atoms with Gasteiger partial charge in [0.2, 0.25) is 0 Å². The van der Waals surface area contributed by atoms with E-state index >= 15 is 0 Å². The largest absolute Gasteiger partial charge is 0.328 e. The van der Waals surface area contributed by atoms with E-state index in [9.17, 15) is 9.59 Å². The van der Waals surface area contributed by atoms with Crippen molar-refractivity contribution < 1.29 is 4.79 Å². The summed E-state index contributed by atoms with van der Waals surface area (Å²) in [7, 11) is 0. The summed E-state index contributed by atoms with van der Waals surface area (Å²) in [5.41, 5.74) is 2.63. The summed E-state index contributed by atoms with van der Waals surface area (Å²) in [4.78, 5) is 34.1. The second kappa shape index (κ2) is 9.82. The number of fused-ring (bicyclic) bond motifs is 1. The third-order valence-electron chi connectivity index (χ3n) is 5.83. The number of aryl methyl sites for hydroxylation is 1. The number of halogens is 1. The van der Waals surface area contributed by atoms with Gasteiger partial charge in [-0.15, -0.1) is 0 Å². The smallest absolute Gasteiger partial charge is 0.266 e. The molecule has 1 amide bonds. The number of hydrogen-bond acceptors (Lipinski definition) is 3. The Hall–Kier alpha value is -3.44. The third kappa shape index (κ3) is 4.62. The van der Waals surface area contributed by atoms with E-state index < -0.39 is 6.04 Å². The number of nitrogens with zero attached hydrogens (tertiary/aromatic N) is 3. The Morgan fingerprint density at radius 2 is 1.71 bits per heavy atom. The topological polar surface area (TPSA) is 55.2 Å². The number of amides is 1. The fourth-order valence-electron chi connectivity index (χ4n) is 4.19. The summed E-state index contributed by atoms with van der Waals surface area (Å²) < 4.78 is 1.63. The van der Waals surface area contributed by atoms with Crippen molar-refractivity contribution in [1.29, 1.82) is 0 Å². The molecule has 1 unspecified atom stereocenters. The quantitative estimate of drug-likeness (QED) is 0.334. The van der Waals surface area contributed by atoms with Crippen molar-refractivity contribution in [2.24, 2.45) is 5.92 Å². The molecule has 0 spiro atoms. The van der Waals surface area contributed by atoms with Crippen LogP contribution < -0.4 is 5.56 Å². The number of rotatable bonds is 6. The summed E-state index contributed by atoms with van der Waals surface area (Å²) in [5, 5.41) is 0.934. The Balaban J connectivity index is 1.94. The molecule has 34 heavy (non-hydrogen) atoms. The fraction of sp³-hybridized carbons (Fsp3) is 0.250. The molecule has 0 aliphatic rings. The van der Waals surface area contributed by atoms with Crippen LogP contribution in [0.2, 0.25) is 5.02 Å². The molecule has 0 aliphatic heterocycles. The minimum absolute atomic E-state index is 0.160. The Labute approximate surface area is 204 Å². The van der Waals surface area contributed by atoms with E-state index in [-0.39, 0.29) is 17.4 Å². The fourth-order valence-corrected chi connectivity index (χ4v) is 4.40. The lowest BCUT2D eigenvalue weighted by Gasteiger charge is -2.32. The number of aromatic nitrogens is 2. The lowest BCUT2D eigenvalue weighted by molar-refractivity contribution is 0.0655. The van der Waals surface area contributed by atoms with Gasteiger partial charge in [0.25, 0.3) is 11.5 Å². The molecular weight excluding hydrogens is 446 g/mol. The molecule has 0 saturated heterocycles. The molecule has 0 radical (unpaired) electrons. The van der Waals surface area contributed by atoms with Crippen molar-refractivity contribution in [3.63, 3.8) is 0 Å². The van der Waals surface area contributed by atoms with E-state index in [1.807, 2.05) is 56.3 Å². The zero-order valence-electron chi connectivity index (χ0n) is 19.8. The Kier molecular flexibility index (Phi) is 6.85. The number of hydrogen-bond donors (Lipinski definition) is 0. The average molecular weight is 474 g/mol. The minimum Gasteiger partial charge on any atom is -0.328 e. The van der Waals surface area contributed by atoms with Crippen LogP contribution in [-0.4, -0.2) is 26.9 Å². The van der Waals surface area contributed by atoms with Gasteiger partial charge in [-0.25, -0.2) is 4.98 Å². The zero-order chi connectivity index (χ0) is 24.4. The predicted octanol–water partition coefficient (Wildman–Crippen LogP) is 6.21. The van der Waals surface area contributed by atoms with Crippen LogP contribution in [0.4, 0.5) is 0 Å². The molecular formula is C28H28ClN3O2. The molecule has 6 heteroatoms. The van der Waals surface area contributed by atoms with Gasteiger partial charge in [0.15, 0.2) is 0 Å². The highest BCUT2D eigenvalue weighted by Crippen LogP contribution is 2.27. The molecule has 174 valence electrons. The molecule has 3 aromatic carbocycles. The molecule has 4 rings (SSSR count). The molecule has 1 aromatic heterocycles. The highest BCUT2D eigenvalue weighted by Gasteiger charge is 2.29. The molecule has 0 bridgehead atoms. The van der Waals surface area contributed by atoms with E-state index in [1.54, 1.807) is 39.8 Å². The van der Waals surface area contributed by atoms with Gasteiger partial charge in [-0.05, 0) is 61.7 Å². The minimum atomic E-state index is -0.482. The molecule has 4 aromatic rings. The summed E-state index contributed by atoms with van der Waals surface area (Å²) in [6, 6.07) is 21.6. The van der Waals surface area contributed by atoms with Crippen molar-refractivity contribution in [3.8, 4) is 5.69 Å². The molecule has 0 fully saturated rings. The van der Waals surface area contributed by atoms with Crippen LogP contribution in [0.5, 0.6) is 0 Å². The lowest BCUT2D eigenvalue weighted by Crippen LogP contribution is -2.39. The predicted molar refractivity (Wildman–Crippen MR) is 138 cm³/mol. The first-order valence-electron chi connectivity index (χ1n) is 11.4. The lowest BCUT2D eigenvalue weighted by atomic mass is 10.1. The molecule has 0 N–H and O–H groups in total. The van der Waals surface area contributed by atoms with Crippen LogP contribution in [0.25, 0.3) is 16.6 Å². The second-order valence-corrected chi connectivity index (χ2v) is 9.38. The van der Waals surface area contributed by atoms with Crippen molar-refractivity contribution in [1.82, 2.24) is 14.5 Å². The third-order valence-corrected chi connectivity index (χ3v) is 6.16. The number of benzene rings is 3. The molecule has 0 saturated carbocycles. The summed E-state index contributed by atoms with van der Waals surface area (Å²) in [5.74, 6) is 0.522. The van der Waals surface area contributed by atoms with Crippen LogP contribution in [0.3, 0.4) is 0 Å². The van der Waals surface area contributed by atoms with Gasteiger partial charge in [0, 0.05) is 6.54 Å². The average Bonchev–Trinajstić information content (AvgIpc) is 2.82. The zero-order valence-corrected chi connectivity index (χ0v) is 20.6. The van der Waals surface area contributed by atoms with Gasteiger partial charge >= 0.3 is 0 Å². The number of carbonyl (C=O) groups is 1. The molecule has 1 atom stereocenters. The standard InChI is InChI=1S/C28H28ClN3O2/c1-18(2)17-31(27(33)22-12-5-7-14-24(22)29)20(4)26-30-25-15-8-6-13-23(25)28(34)32(26)21-11-9-10-19(3)16-21/h5-16,18,20H,17H2,1-4H3. The SMILES string of the molecule is Cc1cccc(-n2c(C(C)N(CC(C)C)C(=O)c3ccccc3Cl)nc3ccccc3c2=O)c1. The van der Waals surface area contributed by atoms with Gasteiger partial charge in [-0.3, -0.25) is 14.2 Å². The Bertz CT molecular complexity index is 1410. The number of para-hydroxylation sites is 1. The van der Waals surface area contributed by atoms with Crippen LogP contribution in [0.1, 0.15) is 48.6 Å². The first-order valence-corrected chi connectivity index (χ1v) is 11.8. The van der Waals surface area contributed by atoms with E-state index in [1.165, 1.54) is 0 Å². The Morgan fingerprint density at radius 3 is 2.41 bits per heavy atom. The summed E-state index contributed by atoms with van der Waals surface area (Å²) in [6.07, 6.45) is 0. The van der Waals surface area contributed by atoms with Crippen LogP contribution in [0, 0.1) is 12.8 Å². The van der Waals surface area contributed by atoms with Crippen molar-refractivity contribution in [2.45, 2.75) is 33.7 Å². The van der Waals surface area contributed by atoms with E-state index in [4.69, 9.17) is 16.6 Å². The monoisotopic (exact) mass is 473 g/mol. The first kappa shape index (κ1) is 23.7. The van der Waals surface area contributed by atoms with Crippen molar-refractivity contribution in [3.05, 3.63) is 105 Å². The van der Waals surface area contributed by atoms with E-state index in [2.05, 4.69) is 13.8 Å². The van der Waals surface area contributed by atoms with E-state index in [0.717, 1.165) is 11.3 Å². The summed E-state index contributed by atoms with van der Waals surface area (Å²) >= 11 is 6.38. The van der Waals surface area contributed by atoms with Gasteiger partial charge in [-0.1, -0.05) is 61.8 Å². The molecule has 0 aliphatic carbocycles. The van der Waals surface area contributed by atoms with Gasteiger partial charge in [0.1, 0.15) is 5.82 Å². The van der Waals surface area contributed by atoms with Gasteiger partial charge in [0.05, 0.1) is 33.2 Å². The normalized spacial score (nSPS) is 12.2. The van der Waals surface area contributed by atoms with Gasteiger partial charge < -0.3 is 4.90 Å². The van der Waals surface area contributed by atoms with Crippen LogP contribution in [-0.2, 0) is 0 Å². The van der Waals surface area contributed by atoms with Crippen molar-refractivity contribution >= 4 is 28.4 Å². The van der Waals surface area contributed by atoms with Gasteiger partial charge in [-0.2, -0.15) is 0 Å². The Morgan fingerprint density at radius 1 is 1.00 bits per heavy atom. The highest BCUT2D eigenvalue weighted by molar-refractivity contribution is 6.33. The first-order chi connectivity index (χ1) is 16.3. The summed E-state index contributed by atoms with van der Waals surface area (Å²) in [6.45, 7) is 8.50. The van der Waals surface area contributed by atoms with E-state index in [0.29, 0.717) is 33.9 Å². The molecule has 5 nitrogen and oxygen atoms in total. The highest BCUT2D eigenvalue weighted by atomic mass is 35.5. The maximum absolute atomic E-state index is 13.7. The molecule has 1 heterocycles.